The molecule has 1 aromatic carbocycles. The van der Waals surface area contributed by atoms with E-state index in [1.807, 2.05) is 0 Å². The highest BCUT2D eigenvalue weighted by molar-refractivity contribution is 7.88. The highest BCUT2D eigenvalue weighted by atomic mass is 35.5. The lowest BCUT2D eigenvalue weighted by Crippen LogP contribution is -2.41. The summed E-state index contributed by atoms with van der Waals surface area (Å²) in [6.45, 7) is 5.11. The fourth-order valence-electron chi connectivity index (χ4n) is 2.38. The van der Waals surface area contributed by atoms with Gasteiger partial charge in [-0.25, -0.2) is 12.7 Å². The second-order valence-electron chi connectivity index (χ2n) is 5.07. The maximum atomic E-state index is 12.4. The molecule has 0 atom stereocenters. The third kappa shape index (κ3) is 4.54. The summed E-state index contributed by atoms with van der Waals surface area (Å²) in [5.41, 5.74) is 0.643. The predicted molar refractivity (Wildman–Crippen MR) is 84.8 cm³/mol. The highest BCUT2D eigenvalue weighted by Gasteiger charge is 2.28. The summed E-state index contributed by atoms with van der Waals surface area (Å²) < 4.78 is 32.0. The molecule has 0 bridgehead atoms. The van der Waals surface area contributed by atoms with Crippen LogP contribution in [0.1, 0.15) is 18.4 Å². The van der Waals surface area contributed by atoms with Crippen molar-refractivity contribution in [2.24, 2.45) is 0 Å². The fraction of sp³-hybridized carbons (Fsp3) is 0.467. The Labute approximate surface area is 131 Å². The van der Waals surface area contributed by atoms with Gasteiger partial charge in [-0.15, -0.1) is 6.58 Å². The molecule has 4 nitrogen and oxygen atoms in total. The molecule has 2 rings (SSSR count). The normalized spacial score (nSPS) is 17.8. The molecule has 0 aliphatic carbocycles. The van der Waals surface area contributed by atoms with Crippen molar-refractivity contribution >= 4 is 21.6 Å². The monoisotopic (exact) mass is 329 g/mol. The first-order valence-electron chi connectivity index (χ1n) is 6.96. The van der Waals surface area contributed by atoms with Gasteiger partial charge in [0, 0.05) is 18.1 Å². The van der Waals surface area contributed by atoms with Gasteiger partial charge in [0.05, 0.1) is 18.5 Å². The third-order valence-corrected chi connectivity index (χ3v) is 5.74. The molecule has 21 heavy (non-hydrogen) atoms. The van der Waals surface area contributed by atoms with Gasteiger partial charge in [-0.3, -0.25) is 0 Å². The van der Waals surface area contributed by atoms with Crippen molar-refractivity contribution < 1.29 is 13.2 Å². The van der Waals surface area contributed by atoms with E-state index in [1.165, 1.54) is 4.31 Å². The number of rotatable bonds is 6. The van der Waals surface area contributed by atoms with E-state index in [0.717, 1.165) is 12.8 Å². The Bertz CT molecular complexity index is 580. The Morgan fingerprint density at radius 2 is 2.00 bits per heavy atom. The van der Waals surface area contributed by atoms with Crippen molar-refractivity contribution in [2.75, 3.05) is 19.7 Å². The second kappa shape index (κ2) is 7.40. The summed E-state index contributed by atoms with van der Waals surface area (Å²) in [6, 6.07) is 7.05. The highest BCUT2D eigenvalue weighted by Crippen LogP contribution is 2.22. The third-order valence-electron chi connectivity index (χ3n) is 3.54. The van der Waals surface area contributed by atoms with Gasteiger partial charge in [-0.1, -0.05) is 35.9 Å². The Morgan fingerprint density at radius 1 is 1.33 bits per heavy atom. The molecule has 6 heteroatoms. The lowest BCUT2D eigenvalue weighted by Gasteiger charge is -2.31. The molecule has 0 radical (unpaired) electrons. The van der Waals surface area contributed by atoms with Gasteiger partial charge in [0.15, 0.2) is 0 Å². The average molecular weight is 330 g/mol. The Balaban J connectivity index is 1.95. The van der Waals surface area contributed by atoms with Crippen LogP contribution < -0.4 is 0 Å². The van der Waals surface area contributed by atoms with Crippen LogP contribution in [0.4, 0.5) is 0 Å². The SMILES string of the molecule is C=CCOC1CCN(S(=O)(=O)Cc2ccccc2Cl)CC1. The second-order valence-corrected chi connectivity index (χ2v) is 7.44. The summed E-state index contributed by atoms with van der Waals surface area (Å²) in [7, 11) is -3.33. The van der Waals surface area contributed by atoms with E-state index in [2.05, 4.69) is 6.58 Å². The summed E-state index contributed by atoms with van der Waals surface area (Å²) in [6.07, 6.45) is 3.26. The molecule has 0 unspecified atom stereocenters. The number of piperidine rings is 1. The number of hydrogen-bond donors (Lipinski definition) is 0. The molecular weight excluding hydrogens is 310 g/mol. The summed E-state index contributed by atoms with van der Waals surface area (Å²) >= 11 is 6.04. The average Bonchev–Trinajstić information content (AvgIpc) is 2.48. The zero-order valence-corrected chi connectivity index (χ0v) is 13.4. The van der Waals surface area contributed by atoms with Crippen molar-refractivity contribution in [3.63, 3.8) is 0 Å². The zero-order chi connectivity index (χ0) is 15.3. The van der Waals surface area contributed by atoms with Gasteiger partial charge >= 0.3 is 0 Å². The molecule has 1 aliphatic heterocycles. The molecule has 0 amide bonds. The number of ether oxygens (including phenoxy) is 1. The van der Waals surface area contributed by atoms with Crippen LogP contribution in [0, 0.1) is 0 Å². The molecule has 1 aromatic rings. The maximum absolute atomic E-state index is 12.4. The molecule has 116 valence electrons. The van der Waals surface area contributed by atoms with Gasteiger partial charge in [-0.2, -0.15) is 0 Å². The molecule has 1 heterocycles. The minimum Gasteiger partial charge on any atom is -0.374 e. The van der Waals surface area contributed by atoms with Crippen LogP contribution in [0.5, 0.6) is 0 Å². The van der Waals surface area contributed by atoms with Crippen molar-refractivity contribution in [1.82, 2.24) is 4.31 Å². The lowest BCUT2D eigenvalue weighted by molar-refractivity contribution is 0.0381. The summed E-state index contributed by atoms with van der Waals surface area (Å²) in [4.78, 5) is 0. The smallest absolute Gasteiger partial charge is 0.218 e. The van der Waals surface area contributed by atoms with E-state index in [0.29, 0.717) is 30.3 Å². The fourth-order valence-corrected chi connectivity index (χ4v) is 4.26. The number of halogens is 1. The number of sulfonamides is 1. The van der Waals surface area contributed by atoms with Crippen molar-refractivity contribution in [2.45, 2.75) is 24.7 Å². The van der Waals surface area contributed by atoms with Crippen molar-refractivity contribution in [3.05, 3.63) is 47.5 Å². The number of benzene rings is 1. The number of nitrogens with zero attached hydrogens (tertiary/aromatic N) is 1. The Morgan fingerprint density at radius 3 is 2.62 bits per heavy atom. The van der Waals surface area contributed by atoms with E-state index in [9.17, 15) is 8.42 Å². The van der Waals surface area contributed by atoms with Gasteiger partial charge in [0.2, 0.25) is 10.0 Å². The molecule has 1 aliphatic rings. The van der Waals surface area contributed by atoms with E-state index in [1.54, 1.807) is 30.3 Å². The minimum atomic E-state index is -3.33. The van der Waals surface area contributed by atoms with Crippen molar-refractivity contribution in [1.29, 1.82) is 0 Å². The summed E-state index contributed by atoms with van der Waals surface area (Å²) in [5, 5.41) is 0.491. The first-order chi connectivity index (χ1) is 10.0. The largest absolute Gasteiger partial charge is 0.374 e. The van der Waals surface area contributed by atoms with Crippen LogP contribution >= 0.6 is 11.6 Å². The molecule has 0 N–H and O–H groups in total. The van der Waals surface area contributed by atoms with Gasteiger partial charge in [-0.05, 0) is 24.5 Å². The minimum absolute atomic E-state index is 0.0507. The zero-order valence-electron chi connectivity index (χ0n) is 11.9. The van der Waals surface area contributed by atoms with Crippen LogP contribution in [0.15, 0.2) is 36.9 Å². The van der Waals surface area contributed by atoms with Crippen LogP contribution in [0.25, 0.3) is 0 Å². The summed E-state index contributed by atoms with van der Waals surface area (Å²) in [5.74, 6) is -0.0507. The molecule has 0 aromatic heterocycles. The van der Waals surface area contributed by atoms with Crippen LogP contribution in [-0.2, 0) is 20.5 Å². The van der Waals surface area contributed by atoms with E-state index < -0.39 is 10.0 Å². The molecule has 0 spiro atoms. The van der Waals surface area contributed by atoms with Gasteiger partial charge in [0.25, 0.3) is 0 Å². The van der Waals surface area contributed by atoms with E-state index in [4.69, 9.17) is 16.3 Å². The van der Waals surface area contributed by atoms with Crippen molar-refractivity contribution in [3.8, 4) is 0 Å². The Kier molecular flexibility index (Phi) is 5.81. The standard InChI is InChI=1S/C15H20ClNO3S/c1-2-11-20-14-7-9-17(10-8-14)21(18,19)12-13-5-3-4-6-15(13)16/h2-6,14H,1,7-12H2. The molecular formula is C15H20ClNO3S. The quantitative estimate of drug-likeness (QED) is 0.754. The first kappa shape index (κ1) is 16.5. The van der Waals surface area contributed by atoms with Gasteiger partial charge < -0.3 is 4.74 Å². The van der Waals surface area contributed by atoms with E-state index >= 15 is 0 Å². The predicted octanol–water partition coefficient (Wildman–Crippen LogP) is 2.84. The van der Waals surface area contributed by atoms with Gasteiger partial charge in [0.1, 0.15) is 0 Å². The topological polar surface area (TPSA) is 46.6 Å². The lowest BCUT2D eigenvalue weighted by atomic mass is 10.1. The van der Waals surface area contributed by atoms with E-state index in [-0.39, 0.29) is 11.9 Å². The first-order valence-corrected chi connectivity index (χ1v) is 8.95. The maximum Gasteiger partial charge on any atom is 0.218 e. The van der Waals surface area contributed by atoms with Crippen LogP contribution in [0.2, 0.25) is 5.02 Å². The Hall–Kier alpha value is -0.880. The van der Waals surface area contributed by atoms with Crippen LogP contribution in [-0.4, -0.2) is 38.5 Å². The van der Waals surface area contributed by atoms with Crippen LogP contribution in [0.3, 0.4) is 0 Å². The molecule has 0 saturated carbocycles. The molecule has 1 saturated heterocycles. The number of hydrogen-bond acceptors (Lipinski definition) is 3. The molecule has 1 fully saturated rings.